The minimum absolute atomic E-state index is 0. The van der Waals surface area contributed by atoms with E-state index in [0.29, 0.717) is 0 Å². The number of hydrogen-bond donors (Lipinski definition) is 0. The quantitative estimate of drug-likeness (QED) is 0.191. The first-order valence-corrected chi connectivity index (χ1v) is 8.35. The second-order valence-electron chi connectivity index (χ2n) is 6.42. The molecule has 3 aromatic carbocycles. The minimum Gasteiger partial charge on any atom is -0.386 e. The Balaban J connectivity index is 0.000000184. The second-order valence-corrected chi connectivity index (χ2v) is 6.42. The molecule has 1 radical (unpaired) electrons. The number of aromatic nitrogens is 1. The maximum absolute atomic E-state index is 4.28. The van der Waals surface area contributed by atoms with Gasteiger partial charge in [-0.15, -0.1) is 5.39 Å². The topological polar surface area (TPSA) is 12.9 Å². The van der Waals surface area contributed by atoms with Crippen LogP contribution >= 0.6 is 0 Å². The van der Waals surface area contributed by atoms with Gasteiger partial charge in [0.1, 0.15) is 0 Å². The molecule has 0 amide bonds. The minimum atomic E-state index is 0. The summed E-state index contributed by atoms with van der Waals surface area (Å²) in [6, 6.07) is 16.4. The molecule has 4 rings (SSSR count). The molecule has 0 fully saturated rings. The van der Waals surface area contributed by atoms with Crippen LogP contribution in [0.4, 0.5) is 0 Å². The van der Waals surface area contributed by atoms with E-state index in [-0.39, 0.29) is 19.5 Å². The fraction of sp³-hybridized carbons (Fsp3) is 0.217. The summed E-state index contributed by atoms with van der Waals surface area (Å²) in [5, 5.41) is 3.59. The van der Waals surface area contributed by atoms with Gasteiger partial charge in [-0.25, -0.2) is 0 Å². The Bertz CT molecular complexity index is 876. The Kier molecular flexibility index (Phi) is 6.19. The number of nitrogens with zero attached hydrogens (tertiary/aromatic N) is 1. The Morgan fingerprint density at radius 3 is 2.00 bits per heavy atom. The van der Waals surface area contributed by atoms with Crippen LogP contribution in [0.1, 0.15) is 27.8 Å². The summed E-state index contributed by atoms with van der Waals surface area (Å²) in [6.07, 6.45) is 2.88. The molecule has 4 aromatic rings. The Labute approximate surface area is 163 Å². The monoisotopic (exact) mass is 416 g/mol. The third-order valence-electron chi connectivity index (χ3n) is 5.26. The molecule has 0 saturated heterocycles. The van der Waals surface area contributed by atoms with Gasteiger partial charge in [-0.2, -0.15) is 39.9 Å². The predicted molar refractivity (Wildman–Crippen MR) is 104 cm³/mol. The standard InChI is InChI=1S/C13H8N.C10H15.Rh/c1-2-6-12-10(4-1)7-8-11-5-3-9-14-13(11)12;1-6-7(2)9(4)10(5)8(6)3;/h1-8H;1-5H3;/q2*-1;+2. The van der Waals surface area contributed by atoms with E-state index in [2.05, 4.69) is 70.1 Å². The van der Waals surface area contributed by atoms with Gasteiger partial charge in [-0.05, 0) is 16.3 Å². The molecular weight excluding hydrogens is 393 g/mol. The van der Waals surface area contributed by atoms with E-state index >= 15 is 0 Å². The first kappa shape index (κ1) is 19.4. The summed E-state index contributed by atoms with van der Waals surface area (Å²) < 4.78 is 0. The first-order chi connectivity index (χ1) is 11.5. The molecule has 0 N–H and O–H groups in total. The van der Waals surface area contributed by atoms with Gasteiger partial charge >= 0.3 is 19.5 Å². The molecule has 0 aliphatic heterocycles. The fourth-order valence-corrected chi connectivity index (χ4v) is 3.17. The molecule has 129 valence electrons. The van der Waals surface area contributed by atoms with E-state index in [1.165, 1.54) is 44.0 Å². The number of fused-ring (bicyclic) bond motifs is 3. The van der Waals surface area contributed by atoms with Crippen LogP contribution in [0.5, 0.6) is 0 Å². The Morgan fingerprint density at radius 2 is 1.40 bits per heavy atom. The summed E-state index contributed by atoms with van der Waals surface area (Å²) in [5.74, 6) is 0. The number of benzene rings is 2. The zero-order valence-electron chi connectivity index (χ0n) is 15.4. The molecule has 0 aliphatic carbocycles. The van der Waals surface area contributed by atoms with Crippen LogP contribution in [-0.2, 0) is 19.5 Å². The van der Waals surface area contributed by atoms with Crippen molar-refractivity contribution in [3.8, 4) is 0 Å². The SMILES string of the molecule is Cc1c(C)c(C)[c-](C)c1C.[Rh+2].[c-]1ccc2ccc3ccccc3c2n1. The third-order valence-corrected chi connectivity index (χ3v) is 5.26. The zero-order valence-corrected chi connectivity index (χ0v) is 17.0. The van der Waals surface area contributed by atoms with Gasteiger partial charge in [0.25, 0.3) is 0 Å². The average Bonchev–Trinajstić information content (AvgIpc) is 2.80. The smallest absolute Gasteiger partial charge is 0.386 e. The summed E-state index contributed by atoms with van der Waals surface area (Å²) >= 11 is 0. The van der Waals surface area contributed by atoms with Crippen LogP contribution in [-0.4, -0.2) is 4.98 Å². The van der Waals surface area contributed by atoms with Crippen molar-refractivity contribution in [2.75, 3.05) is 0 Å². The third kappa shape index (κ3) is 3.70. The Hall–Kier alpha value is -1.92. The van der Waals surface area contributed by atoms with E-state index in [1.807, 2.05) is 24.3 Å². The fourth-order valence-electron chi connectivity index (χ4n) is 3.17. The molecule has 0 bridgehead atoms. The molecule has 1 heterocycles. The number of rotatable bonds is 0. The maximum atomic E-state index is 4.28. The zero-order chi connectivity index (χ0) is 17.3. The first-order valence-electron chi connectivity index (χ1n) is 8.35. The molecule has 1 aromatic heterocycles. The van der Waals surface area contributed by atoms with Crippen molar-refractivity contribution >= 4 is 21.7 Å². The predicted octanol–water partition coefficient (Wildman–Crippen LogP) is 6.13. The van der Waals surface area contributed by atoms with Crippen LogP contribution in [0.3, 0.4) is 0 Å². The van der Waals surface area contributed by atoms with Crippen molar-refractivity contribution in [3.05, 3.63) is 82.5 Å². The van der Waals surface area contributed by atoms with E-state index in [9.17, 15) is 0 Å². The van der Waals surface area contributed by atoms with Gasteiger partial charge in [0, 0.05) is 0 Å². The number of hydrogen-bond acceptors (Lipinski definition) is 1. The summed E-state index contributed by atoms with van der Waals surface area (Å²) in [4.78, 5) is 4.28. The largest absolute Gasteiger partial charge is 2.00 e. The van der Waals surface area contributed by atoms with E-state index in [4.69, 9.17) is 0 Å². The van der Waals surface area contributed by atoms with Crippen LogP contribution < -0.4 is 0 Å². The molecule has 0 aliphatic rings. The molecule has 0 saturated carbocycles. The molecule has 2 heteroatoms. The van der Waals surface area contributed by atoms with Gasteiger partial charge < -0.3 is 4.98 Å². The van der Waals surface area contributed by atoms with Crippen molar-refractivity contribution in [1.29, 1.82) is 0 Å². The summed E-state index contributed by atoms with van der Waals surface area (Å²) in [5.41, 5.74) is 8.37. The van der Waals surface area contributed by atoms with Gasteiger partial charge in [0.05, 0.1) is 0 Å². The van der Waals surface area contributed by atoms with Gasteiger partial charge in [0.2, 0.25) is 0 Å². The van der Waals surface area contributed by atoms with Gasteiger partial charge in [0.15, 0.2) is 0 Å². The number of pyridine rings is 1. The van der Waals surface area contributed by atoms with Crippen LogP contribution in [0.15, 0.2) is 48.5 Å². The van der Waals surface area contributed by atoms with Gasteiger partial charge in [-0.3, -0.25) is 0 Å². The van der Waals surface area contributed by atoms with Crippen molar-refractivity contribution in [3.63, 3.8) is 0 Å². The Morgan fingerprint density at radius 1 is 0.800 bits per heavy atom. The average molecular weight is 416 g/mol. The van der Waals surface area contributed by atoms with Crippen LogP contribution in [0, 0.1) is 40.8 Å². The molecule has 25 heavy (non-hydrogen) atoms. The summed E-state index contributed by atoms with van der Waals surface area (Å²) in [6.45, 7) is 11.0. The van der Waals surface area contributed by atoms with Crippen molar-refractivity contribution in [2.24, 2.45) is 0 Å². The van der Waals surface area contributed by atoms with E-state index in [1.54, 1.807) is 0 Å². The molecule has 1 nitrogen and oxygen atoms in total. The van der Waals surface area contributed by atoms with Crippen LogP contribution in [0.25, 0.3) is 21.7 Å². The van der Waals surface area contributed by atoms with Crippen LogP contribution in [0.2, 0.25) is 0 Å². The second kappa shape index (κ2) is 7.98. The van der Waals surface area contributed by atoms with Crippen molar-refractivity contribution in [1.82, 2.24) is 4.98 Å². The van der Waals surface area contributed by atoms with Crippen molar-refractivity contribution in [2.45, 2.75) is 34.6 Å². The summed E-state index contributed by atoms with van der Waals surface area (Å²) in [7, 11) is 0. The van der Waals surface area contributed by atoms with Gasteiger partial charge in [-0.1, -0.05) is 77.2 Å². The molecular formula is C23H23NRh. The van der Waals surface area contributed by atoms with E-state index in [0.717, 1.165) is 5.52 Å². The normalized spacial score (nSPS) is 10.3. The molecule has 0 unspecified atom stereocenters. The maximum Gasteiger partial charge on any atom is 2.00 e. The molecule has 0 spiro atoms. The van der Waals surface area contributed by atoms with Crippen molar-refractivity contribution < 1.29 is 19.5 Å². The van der Waals surface area contributed by atoms with E-state index < -0.39 is 0 Å². The molecule has 0 atom stereocenters.